The molecule has 5 nitrogen and oxygen atoms in total. The number of rotatable bonds is 5. The van der Waals surface area contributed by atoms with E-state index < -0.39 is 17.8 Å². The molecular formula is C25H21FN2O3S. The van der Waals surface area contributed by atoms with Gasteiger partial charge in [0.15, 0.2) is 4.80 Å². The van der Waals surface area contributed by atoms with E-state index >= 15 is 0 Å². The summed E-state index contributed by atoms with van der Waals surface area (Å²) in [5.41, 5.74) is 1.71. The lowest BCUT2D eigenvalue weighted by atomic mass is 10.0. The van der Waals surface area contributed by atoms with Crippen molar-refractivity contribution in [3.8, 4) is 0 Å². The molecule has 1 aliphatic rings. The van der Waals surface area contributed by atoms with E-state index in [1.807, 2.05) is 36.4 Å². The molecule has 0 amide bonds. The average Bonchev–Trinajstić information content (AvgIpc) is 3.09. The summed E-state index contributed by atoms with van der Waals surface area (Å²) in [7, 11) is 0. The molecule has 3 aromatic rings. The van der Waals surface area contributed by atoms with Gasteiger partial charge in [-0.15, -0.1) is 0 Å². The van der Waals surface area contributed by atoms with Crippen LogP contribution in [0.4, 0.5) is 4.39 Å². The van der Waals surface area contributed by atoms with Gasteiger partial charge in [-0.3, -0.25) is 9.36 Å². The minimum absolute atomic E-state index is 0.211. The minimum Gasteiger partial charge on any atom is -0.463 e. The number of carbonyl (C=O) groups excluding carboxylic acids is 1. The number of nitrogens with zero attached hydrogens (tertiary/aromatic N) is 2. The van der Waals surface area contributed by atoms with Gasteiger partial charge in [-0.05, 0) is 31.6 Å². The number of benzene rings is 2. The maximum absolute atomic E-state index is 14.2. The Labute approximate surface area is 188 Å². The first-order valence-corrected chi connectivity index (χ1v) is 11.0. The third-order valence-corrected chi connectivity index (χ3v) is 6.00. The Morgan fingerprint density at radius 2 is 1.91 bits per heavy atom. The number of hydrogen-bond donors (Lipinski definition) is 0. The van der Waals surface area contributed by atoms with E-state index in [1.165, 1.54) is 16.7 Å². The molecular weight excluding hydrogens is 427 g/mol. The molecule has 0 N–H and O–H groups in total. The largest absolute Gasteiger partial charge is 0.463 e. The molecule has 0 unspecified atom stereocenters. The molecule has 0 saturated carbocycles. The average molecular weight is 449 g/mol. The smallest absolute Gasteiger partial charge is 0.338 e. The second-order valence-corrected chi connectivity index (χ2v) is 8.14. The molecule has 1 aromatic heterocycles. The van der Waals surface area contributed by atoms with E-state index in [-0.39, 0.29) is 12.2 Å². The third kappa shape index (κ3) is 4.24. The van der Waals surface area contributed by atoms with Crippen LogP contribution in [0.15, 0.2) is 81.7 Å². The van der Waals surface area contributed by atoms with Gasteiger partial charge in [0.05, 0.1) is 28.5 Å². The molecule has 0 spiro atoms. The van der Waals surface area contributed by atoms with Crippen molar-refractivity contribution in [1.82, 2.24) is 4.57 Å². The standard InChI is InChI=1S/C25H21FN2O3S/c1-3-31-24(30)22-16(2)27-25-28(20(22)14-13-17-9-5-4-6-10-17)23(29)21(32-25)15-18-11-7-8-12-19(18)26/h4-15,20H,3H2,1-2H3/b14-13+,21-15-/t20-/m1/s1. The Balaban J connectivity index is 1.89. The van der Waals surface area contributed by atoms with Crippen molar-refractivity contribution < 1.29 is 13.9 Å². The van der Waals surface area contributed by atoms with E-state index in [0.717, 1.165) is 16.9 Å². The number of allylic oxidation sites excluding steroid dienone is 2. The Kier molecular flexibility index (Phi) is 6.28. The summed E-state index contributed by atoms with van der Waals surface area (Å²) in [4.78, 5) is 31.0. The molecule has 0 aliphatic carbocycles. The minimum atomic E-state index is -0.687. The lowest BCUT2D eigenvalue weighted by molar-refractivity contribution is -0.139. The van der Waals surface area contributed by atoms with E-state index in [2.05, 4.69) is 4.99 Å². The van der Waals surface area contributed by atoms with Gasteiger partial charge in [0, 0.05) is 5.56 Å². The molecule has 4 rings (SSSR count). The van der Waals surface area contributed by atoms with Gasteiger partial charge in [0.25, 0.3) is 5.56 Å². The Hall–Kier alpha value is -3.58. The number of ether oxygens (including phenoxy) is 1. The number of hydrogen-bond acceptors (Lipinski definition) is 5. The van der Waals surface area contributed by atoms with Crippen LogP contribution in [0.3, 0.4) is 0 Å². The second-order valence-electron chi connectivity index (χ2n) is 7.14. The highest BCUT2D eigenvalue weighted by Gasteiger charge is 2.30. The summed E-state index contributed by atoms with van der Waals surface area (Å²) in [5.74, 6) is -0.929. The number of carbonyl (C=O) groups is 1. The highest BCUT2D eigenvalue weighted by molar-refractivity contribution is 7.07. The van der Waals surface area contributed by atoms with Gasteiger partial charge in [0.2, 0.25) is 0 Å². The van der Waals surface area contributed by atoms with Gasteiger partial charge >= 0.3 is 5.97 Å². The molecule has 0 bridgehead atoms. The zero-order valence-corrected chi connectivity index (χ0v) is 18.4. The van der Waals surface area contributed by atoms with Crippen molar-refractivity contribution in [2.24, 2.45) is 4.99 Å². The third-order valence-electron chi connectivity index (χ3n) is 5.02. The van der Waals surface area contributed by atoms with Crippen LogP contribution in [0, 0.1) is 5.82 Å². The summed E-state index contributed by atoms with van der Waals surface area (Å²) < 4.78 is 21.2. The number of aromatic nitrogens is 1. The molecule has 0 fully saturated rings. The summed E-state index contributed by atoms with van der Waals surface area (Å²) >= 11 is 1.16. The first kappa shape index (κ1) is 21.6. The molecule has 32 heavy (non-hydrogen) atoms. The number of thiazole rings is 1. The summed E-state index contributed by atoms with van der Waals surface area (Å²) in [6.45, 7) is 3.66. The van der Waals surface area contributed by atoms with Crippen LogP contribution in [0.5, 0.6) is 0 Å². The lowest BCUT2D eigenvalue weighted by Crippen LogP contribution is -2.38. The molecule has 0 saturated heterocycles. The van der Waals surface area contributed by atoms with Crippen LogP contribution < -0.4 is 14.9 Å². The molecule has 162 valence electrons. The van der Waals surface area contributed by atoms with Crippen molar-refractivity contribution in [1.29, 1.82) is 0 Å². The molecule has 2 heterocycles. The van der Waals surface area contributed by atoms with Crippen molar-refractivity contribution in [3.63, 3.8) is 0 Å². The highest BCUT2D eigenvalue weighted by atomic mass is 32.1. The van der Waals surface area contributed by atoms with Gasteiger partial charge in [-0.1, -0.05) is 72.0 Å². The van der Waals surface area contributed by atoms with Gasteiger partial charge in [-0.25, -0.2) is 14.2 Å². The molecule has 1 aliphatic heterocycles. The Morgan fingerprint density at radius 3 is 2.62 bits per heavy atom. The second kappa shape index (κ2) is 9.28. The predicted octanol–water partition coefficient (Wildman–Crippen LogP) is 3.60. The van der Waals surface area contributed by atoms with Crippen molar-refractivity contribution in [2.45, 2.75) is 19.9 Å². The fraction of sp³-hybridized carbons (Fsp3) is 0.160. The fourth-order valence-electron chi connectivity index (χ4n) is 3.52. The summed E-state index contributed by atoms with van der Waals surface area (Å²) in [6, 6.07) is 15.2. The van der Waals surface area contributed by atoms with Crippen LogP contribution in [0.1, 0.15) is 31.0 Å². The maximum Gasteiger partial charge on any atom is 0.338 e. The molecule has 2 aromatic carbocycles. The van der Waals surface area contributed by atoms with Crippen LogP contribution in [-0.2, 0) is 9.53 Å². The normalized spacial score (nSPS) is 16.2. The van der Waals surface area contributed by atoms with E-state index in [0.29, 0.717) is 26.2 Å². The Bertz CT molecular complexity index is 1400. The number of fused-ring (bicyclic) bond motifs is 1. The van der Waals surface area contributed by atoms with Crippen LogP contribution in [-0.4, -0.2) is 17.1 Å². The van der Waals surface area contributed by atoms with Crippen molar-refractivity contribution in [3.05, 3.63) is 109 Å². The number of esters is 1. The van der Waals surface area contributed by atoms with E-state index in [1.54, 1.807) is 38.1 Å². The van der Waals surface area contributed by atoms with E-state index in [4.69, 9.17) is 4.74 Å². The van der Waals surface area contributed by atoms with Crippen LogP contribution in [0.2, 0.25) is 0 Å². The first-order chi connectivity index (χ1) is 15.5. The molecule has 0 radical (unpaired) electrons. The monoisotopic (exact) mass is 448 g/mol. The highest BCUT2D eigenvalue weighted by Crippen LogP contribution is 2.26. The lowest BCUT2D eigenvalue weighted by Gasteiger charge is -2.21. The first-order valence-electron chi connectivity index (χ1n) is 10.2. The van der Waals surface area contributed by atoms with E-state index in [9.17, 15) is 14.0 Å². The van der Waals surface area contributed by atoms with Crippen molar-refractivity contribution in [2.75, 3.05) is 6.61 Å². The topological polar surface area (TPSA) is 60.7 Å². The van der Waals surface area contributed by atoms with Gasteiger partial charge in [-0.2, -0.15) is 0 Å². The fourth-order valence-corrected chi connectivity index (χ4v) is 4.56. The Morgan fingerprint density at radius 1 is 1.19 bits per heavy atom. The SMILES string of the molecule is CCOC(=O)C1=C(C)N=c2s/c(=C\c3ccccc3F)c(=O)n2[C@@H]1/C=C/c1ccccc1. The summed E-state index contributed by atoms with van der Waals surface area (Å²) in [5, 5.41) is 0. The molecule has 7 heteroatoms. The zero-order chi connectivity index (χ0) is 22.7. The quantitative estimate of drug-likeness (QED) is 0.561. The predicted molar refractivity (Wildman–Crippen MR) is 123 cm³/mol. The summed E-state index contributed by atoms with van der Waals surface area (Å²) in [6.07, 6.45) is 5.17. The number of halogens is 1. The van der Waals surface area contributed by atoms with Crippen LogP contribution in [0.25, 0.3) is 12.2 Å². The van der Waals surface area contributed by atoms with Gasteiger partial charge < -0.3 is 4.74 Å². The zero-order valence-electron chi connectivity index (χ0n) is 17.6. The van der Waals surface area contributed by atoms with Gasteiger partial charge in [0.1, 0.15) is 5.82 Å². The van der Waals surface area contributed by atoms with Crippen LogP contribution >= 0.6 is 11.3 Å². The maximum atomic E-state index is 14.2. The van der Waals surface area contributed by atoms with Crippen molar-refractivity contribution >= 4 is 29.5 Å². The molecule has 1 atom stereocenters.